The summed E-state index contributed by atoms with van der Waals surface area (Å²) in [5.41, 5.74) is 3.24. The van der Waals surface area contributed by atoms with Crippen LogP contribution in [0.2, 0.25) is 0 Å². The molecular weight excluding hydrogens is 417 g/mol. The van der Waals surface area contributed by atoms with Crippen molar-refractivity contribution in [1.82, 2.24) is 14.8 Å². The molecule has 0 N–H and O–H groups in total. The molecular formula is C27H24FN3O2. The van der Waals surface area contributed by atoms with E-state index < -0.39 is 0 Å². The first-order chi connectivity index (χ1) is 16.2. The summed E-state index contributed by atoms with van der Waals surface area (Å²) >= 11 is 0. The molecule has 6 heteroatoms. The van der Waals surface area contributed by atoms with Crippen molar-refractivity contribution in [1.29, 1.82) is 0 Å². The molecule has 0 bridgehead atoms. The largest absolute Gasteiger partial charge is 0.436 e. The summed E-state index contributed by atoms with van der Waals surface area (Å²) in [4.78, 5) is 22.0. The number of oxazole rings is 1. The smallest absolute Gasteiger partial charge is 0.254 e. The fourth-order valence-corrected chi connectivity index (χ4v) is 4.12. The molecule has 1 fully saturated rings. The Morgan fingerprint density at radius 2 is 1.58 bits per heavy atom. The van der Waals surface area contributed by atoms with Gasteiger partial charge < -0.3 is 9.32 Å². The van der Waals surface area contributed by atoms with Crippen molar-refractivity contribution in [3.8, 4) is 22.8 Å². The van der Waals surface area contributed by atoms with E-state index in [0.717, 1.165) is 25.2 Å². The van der Waals surface area contributed by atoms with Crippen LogP contribution in [0.3, 0.4) is 0 Å². The van der Waals surface area contributed by atoms with E-state index in [1.54, 1.807) is 18.3 Å². The number of nitrogens with zero attached hydrogens (tertiary/aromatic N) is 3. The van der Waals surface area contributed by atoms with Gasteiger partial charge in [0, 0.05) is 43.9 Å². The lowest BCUT2D eigenvalue weighted by atomic mass is 10.1. The van der Waals surface area contributed by atoms with E-state index in [1.807, 2.05) is 35.2 Å². The molecule has 5 nitrogen and oxygen atoms in total. The van der Waals surface area contributed by atoms with E-state index >= 15 is 0 Å². The van der Waals surface area contributed by atoms with Crippen LogP contribution in [0.15, 0.2) is 89.5 Å². The summed E-state index contributed by atoms with van der Waals surface area (Å²) in [6.07, 6.45) is 1.60. The second-order valence-corrected chi connectivity index (χ2v) is 8.14. The van der Waals surface area contributed by atoms with Gasteiger partial charge in [-0.25, -0.2) is 9.37 Å². The topological polar surface area (TPSA) is 49.6 Å². The van der Waals surface area contributed by atoms with Crippen LogP contribution in [0.25, 0.3) is 22.8 Å². The van der Waals surface area contributed by atoms with E-state index in [-0.39, 0.29) is 11.7 Å². The van der Waals surface area contributed by atoms with Crippen LogP contribution in [-0.4, -0.2) is 46.9 Å². The maximum Gasteiger partial charge on any atom is 0.254 e. The molecule has 0 atom stereocenters. The standard InChI is InChI=1S/C27H24FN3O2/c28-22-12-10-21(11-13-22)25-18-29-26(33-25)23-8-4-5-9-24(23)27(32)31-16-14-30(15-17-31)19-20-6-2-1-3-7-20/h1-13,18H,14-17,19H2. The molecule has 166 valence electrons. The van der Waals surface area contributed by atoms with Crippen molar-refractivity contribution in [2.24, 2.45) is 0 Å². The molecule has 1 aromatic heterocycles. The molecule has 0 saturated carbocycles. The van der Waals surface area contributed by atoms with Gasteiger partial charge in [-0.2, -0.15) is 0 Å². The summed E-state index contributed by atoms with van der Waals surface area (Å²) in [5.74, 6) is 0.576. The Kier molecular flexibility index (Phi) is 6.00. The number of amides is 1. The highest BCUT2D eigenvalue weighted by atomic mass is 19.1. The van der Waals surface area contributed by atoms with Crippen molar-refractivity contribution >= 4 is 5.91 Å². The highest BCUT2D eigenvalue weighted by Crippen LogP contribution is 2.29. The zero-order valence-corrected chi connectivity index (χ0v) is 18.2. The SMILES string of the molecule is O=C(c1ccccc1-c1ncc(-c2ccc(F)cc2)o1)N1CCN(Cc2ccccc2)CC1. The van der Waals surface area contributed by atoms with Gasteiger partial charge in [0.1, 0.15) is 5.82 Å². The molecule has 1 aliphatic rings. The van der Waals surface area contributed by atoms with Crippen LogP contribution < -0.4 is 0 Å². The second-order valence-electron chi connectivity index (χ2n) is 8.14. The van der Waals surface area contributed by atoms with Crippen LogP contribution >= 0.6 is 0 Å². The molecule has 1 amide bonds. The minimum Gasteiger partial charge on any atom is -0.436 e. The fourth-order valence-electron chi connectivity index (χ4n) is 4.12. The zero-order valence-electron chi connectivity index (χ0n) is 18.2. The monoisotopic (exact) mass is 441 g/mol. The minimum atomic E-state index is -0.307. The molecule has 4 aromatic rings. The molecule has 2 heterocycles. The Morgan fingerprint density at radius 1 is 0.879 bits per heavy atom. The average Bonchev–Trinajstić information content (AvgIpc) is 3.35. The van der Waals surface area contributed by atoms with E-state index in [0.29, 0.717) is 35.9 Å². The number of carbonyl (C=O) groups is 1. The van der Waals surface area contributed by atoms with Crippen molar-refractivity contribution in [2.45, 2.75) is 6.54 Å². The summed E-state index contributed by atoms with van der Waals surface area (Å²) in [7, 11) is 0. The van der Waals surface area contributed by atoms with Crippen LogP contribution in [0.5, 0.6) is 0 Å². The molecule has 1 aliphatic heterocycles. The van der Waals surface area contributed by atoms with E-state index in [9.17, 15) is 9.18 Å². The lowest BCUT2D eigenvalue weighted by Gasteiger charge is -2.35. The third kappa shape index (κ3) is 4.71. The van der Waals surface area contributed by atoms with E-state index in [4.69, 9.17) is 4.42 Å². The first kappa shape index (κ1) is 21.1. The first-order valence-corrected chi connectivity index (χ1v) is 11.0. The number of benzene rings is 3. The third-order valence-corrected chi connectivity index (χ3v) is 5.93. The number of carbonyl (C=O) groups excluding carboxylic acids is 1. The van der Waals surface area contributed by atoms with Gasteiger partial charge in [0.05, 0.1) is 11.8 Å². The van der Waals surface area contributed by atoms with Crippen molar-refractivity contribution in [2.75, 3.05) is 26.2 Å². The minimum absolute atomic E-state index is 0.0218. The van der Waals surface area contributed by atoms with Crippen molar-refractivity contribution < 1.29 is 13.6 Å². The van der Waals surface area contributed by atoms with Crippen LogP contribution in [-0.2, 0) is 6.54 Å². The average molecular weight is 442 g/mol. The third-order valence-electron chi connectivity index (χ3n) is 5.93. The van der Waals surface area contributed by atoms with Gasteiger partial charge in [0.25, 0.3) is 5.91 Å². The van der Waals surface area contributed by atoms with Gasteiger partial charge in [-0.15, -0.1) is 0 Å². The van der Waals surface area contributed by atoms with E-state index in [1.165, 1.54) is 17.7 Å². The van der Waals surface area contributed by atoms with Crippen LogP contribution in [0.1, 0.15) is 15.9 Å². The molecule has 0 radical (unpaired) electrons. The van der Waals surface area contributed by atoms with Gasteiger partial charge in [-0.1, -0.05) is 42.5 Å². The number of piperazine rings is 1. The highest BCUT2D eigenvalue weighted by Gasteiger charge is 2.25. The predicted molar refractivity (Wildman–Crippen MR) is 125 cm³/mol. The quantitative estimate of drug-likeness (QED) is 0.432. The number of rotatable bonds is 5. The maximum absolute atomic E-state index is 13.4. The maximum atomic E-state index is 13.4. The Morgan fingerprint density at radius 3 is 2.33 bits per heavy atom. The summed E-state index contributed by atoms with van der Waals surface area (Å²) < 4.78 is 19.2. The Bertz CT molecular complexity index is 1230. The lowest BCUT2D eigenvalue weighted by Crippen LogP contribution is -2.48. The molecule has 3 aromatic carbocycles. The van der Waals surface area contributed by atoms with Gasteiger partial charge >= 0.3 is 0 Å². The molecule has 0 unspecified atom stereocenters. The van der Waals surface area contributed by atoms with Crippen LogP contribution in [0, 0.1) is 5.82 Å². The second kappa shape index (κ2) is 9.38. The van der Waals surface area contributed by atoms with Gasteiger partial charge in [-0.05, 0) is 42.0 Å². The highest BCUT2D eigenvalue weighted by molar-refractivity contribution is 6.00. The number of halogens is 1. The molecule has 5 rings (SSSR count). The van der Waals surface area contributed by atoms with Crippen molar-refractivity contribution in [3.05, 3.63) is 102 Å². The van der Waals surface area contributed by atoms with Gasteiger partial charge in [-0.3, -0.25) is 9.69 Å². The normalized spacial score (nSPS) is 14.4. The van der Waals surface area contributed by atoms with Crippen molar-refractivity contribution in [3.63, 3.8) is 0 Å². The molecule has 1 saturated heterocycles. The first-order valence-electron chi connectivity index (χ1n) is 11.0. The number of aromatic nitrogens is 1. The van der Waals surface area contributed by atoms with Gasteiger partial charge in [0.15, 0.2) is 5.76 Å². The van der Waals surface area contributed by atoms with Gasteiger partial charge in [0.2, 0.25) is 5.89 Å². The fraction of sp³-hybridized carbons (Fsp3) is 0.185. The lowest BCUT2D eigenvalue weighted by molar-refractivity contribution is 0.0629. The number of hydrogen-bond donors (Lipinski definition) is 0. The molecule has 0 aliphatic carbocycles. The number of hydrogen-bond acceptors (Lipinski definition) is 4. The zero-order chi connectivity index (χ0) is 22.6. The summed E-state index contributed by atoms with van der Waals surface area (Å²) in [6.45, 7) is 3.90. The van der Waals surface area contributed by atoms with E-state index in [2.05, 4.69) is 34.1 Å². The Balaban J connectivity index is 1.30. The Labute approximate surface area is 192 Å². The van der Waals surface area contributed by atoms with Crippen LogP contribution in [0.4, 0.5) is 4.39 Å². The molecule has 33 heavy (non-hydrogen) atoms. The predicted octanol–water partition coefficient (Wildman–Crippen LogP) is 5.11. The Hall–Kier alpha value is -3.77. The molecule has 0 spiro atoms. The summed E-state index contributed by atoms with van der Waals surface area (Å²) in [6, 6.07) is 23.8. The summed E-state index contributed by atoms with van der Waals surface area (Å²) in [5, 5.41) is 0.